The van der Waals surface area contributed by atoms with Gasteiger partial charge in [0, 0.05) is 0 Å². The molecular weight excluding hydrogens is 116 g/mol. The highest BCUT2D eigenvalue weighted by Crippen LogP contribution is 2.12. The summed E-state index contributed by atoms with van der Waals surface area (Å²) >= 11 is 0.895. The van der Waals surface area contributed by atoms with Gasteiger partial charge in [-0.1, -0.05) is 0 Å². The molecule has 1 heterocycles. The number of esters is 1. The summed E-state index contributed by atoms with van der Waals surface area (Å²) in [6, 6.07) is 0. The van der Waals surface area contributed by atoms with Crippen LogP contribution >= 0.6 is 11.8 Å². The maximum absolute atomic E-state index is 9.99. The Balaban J connectivity index is 2.55. The molecule has 0 radical (unpaired) electrons. The topological polar surface area (TPSA) is 43.4 Å². The molecule has 3 nitrogen and oxygen atoms in total. The summed E-state index contributed by atoms with van der Waals surface area (Å²) in [5.41, 5.74) is 0. The van der Waals surface area contributed by atoms with Crippen molar-refractivity contribution in [3.8, 4) is 0 Å². The standard InChI is InChI=1S/C3H2O3S/c4-2-1-7-3(5)6-2/h1H2. The van der Waals surface area contributed by atoms with Gasteiger partial charge in [-0.3, -0.25) is 4.79 Å². The first-order valence-electron chi connectivity index (χ1n) is 1.66. The van der Waals surface area contributed by atoms with E-state index < -0.39 is 11.3 Å². The van der Waals surface area contributed by atoms with Crippen LogP contribution in [-0.4, -0.2) is 17.0 Å². The fraction of sp³-hybridized carbons (Fsp3) is 0.333. The van der Waals surface area contributed by atoms with Gasteiger partial charge >= 0.3 is 11.3 Å². The second kappa shape index (κ2) is 1.54. The van der Waals surface area contributed by atoms with Crippen LogP contribution in [0.5, 0.6) is 0 Å². The maximum atomic E-state index is 9.99. The smallest absolute Gasteiger partial charge is 0.375 e. The third-order valence-corrected chi connectivity index (χ3v) is 1.20. The molecule has 0 N–H and O–H groups in total. The lowest BCUT2D eigenvalue weighted by Crippen LogP contribution is -1.95. The molecule has 7 heavy (non-hydrogen) atoms. The maximum Gasteiger partial charge on any atom is 0.375 e. The molecule has 0 bridgehead atoms. The SMILES string of the molecule is O=C1CSC(=O)O1. The van der Waals surface area contributed by atoms with E-state index in [4.69, 9.17) is 0 Å². The number of cyclic esters (lactones) is 2. The van der Waals surface area contributed by atoms with E-state index in [1.807, 2.05) is 0 Å². The van der Waals surface area contributed by atoms with Crippen LogP contribution in [0.2, 0.25) is 0 Å². The van der Waals surface area contributed by atoms with Gasteiger partial charge in [0.25, 0.3) is 0 Å². The Kier molecular flexibility index (Phi) is 1.02. The van der Waals surface area contributed by atoms with Gasteiger partial charge in [-0.05, 0) is 11.8 Å². The summed E-state index contributed by atoms with van der Waals surface area (Å²) < 4.78 is 4.05. The van der Waals surface area contributed by atoms with Gasteiger partial charge in [0.1, 0.15) is 5.75 Å². The molecular formula is C3H2O3S. The van der Waals surface area contributed by atoms with Crippen molar-refractivity contribution >= 4 is 23.0 Å². The molecule has 1 aliphatic heterocycles. The zero-order chi connectivity index (χ0) is 5.28. The Hall–Kier alpha value is -0.510. The van der Waals surface area contributed by atoms with E-state index in [2.05, 4.69) is 4.74 Å². The number of carbonyl (C=O) groups excluding carboxylic acids is 2. The van der Waals surface area contributed by atoms with Crippen molar-refractivity contribution in [2.75, 3.05) is 5.75 Å². The summed E-state index contributed by atoms with van der Waals surface area (Å²) in [5, 5.41) is -0.481. The monoisotopic (exact) mass is 118 g/mol. The van der Waals surface area contributed by atoms with Gasteiger partial charge in [0.15, 0.2) is 0 Å². The van der Waals surface area contributed by atoms with Gasteiger partial charge in [-0.15, -0.1) is 0 Å². The first-order valence-corrected chi connectivity index (χ1v) is 2.65. The van der Waals surface area contributed by atoms with Crippen LogP contribution in [0.3, 0.4) is 0 Å². The summed E-state index contributed by atoms with van der Waals surface area (Å²) in [7, 11) is 0. The minimum absolute atomic E-state index is 0.179. The zero-order valence-corrected chi connectivity index (χ0v) is 4.16. The molecule has 0 aromatic rings. The summed E-state index contributed by atoms with van der Waals surface area (Å²) in [6.07, 6.45) is 0. The number of thioether (sulfide) groups is 1. The summed E-state index contributed by atoms with van der Waals surface area (Å²) in [5.74, 6) is -0.256. The van der Waals surface area contributed by atoms with Crippen LogP contribution in [-0.2, 0) is 9.53 Å². The van der Waals surface area contributed by atoms with Gasteiger partial charge in [-0.25, -0.2) is 4.79 Å². The van der Waals surface area contributed by atoms with Crippen LogP contribution in [0.1, 0.15) is 0 Å². The first-order chi connectivity index (χ1) is 3.29. The zero-order valence-electron chi connectivity index (χ0n) is 3.34. The van der Waals surface area contributed by atoms with Crippen molar-refractivity contribution in [1.29, 1.82) is 0 Å². The Labute approximate surface area is 44.0 Å². The molecule has 0 amide bonds. The number of hydrogen-bond acceptors (Lipinski definition) is 4. The molecule has 1 rings (SSSR count). The molecule has 0 aromatic carbocycles. The van der Waals surface area contributed by atoms with E-state index in [-0.39, 0.29) is 5.75 Å². The number of rotatable bonds is 0. The summed E-state index contributed by atoms with van der Waals surface area (Å²) in [6.45, 7) is 0. The molecule has 0 aliphatic carbocycles. The van der Waals surface area contributed by atoms with Crippen molar-refractivity contribution in [2.45, 2.75) is 0 Å². The minimum atomic E-state index is -0.481. The van der Waals surface area contributed by atoms with E-state index in [1.165, 1.54) is 0 Å². The fourth-order valence-corrected chi connectivity index (χ4v) is 0.716. The molecule has 0 atom stereocenters. The molecule has 38 valence electrons. The highest BCUT2D eigenvalue weighted by molar-refractivity contribution is 8.14. The summed E-state index contributed by atoms with van der Waals surface area (Å²) in [4.78, 5) is 20.0. The van der Waals surface area contributed by atoms with Crippen molar-refractivity contribution in [3.63, 3.8) is 0 Å². The van der Waals surface area contributed by atoms with E-state index in [0.29, 0.717) is 0 Å². The van der Waals surface area contributed by atoms with Crippen molar-refractivity contribution in [2.24, 2.45) is 0 Å². The third-order valence-electron chi connectivity index (χ3n) is 0.505. The Morgan fingerprint density at radius 1 is 1.57 bits per heavy atom. The van der Waals surface area contributed by atoms with E-state index in [1.54, 1.807) is 0 Å². The molecule has 0 aromatic heterocycles. The van der Waals surface area contributed by atoms with Crippen molar-refractivity contribution < 1.29 is 14.3 Å². The molecule has 0 unspecified atom stereocenters. The van der Waals surface area contributed by atoms with E-state index in [9.17, 15) is 9.59 Å². The fourth-order valence-electron chi connectivity index (χ4n) is 0.270. The number of carbonyl (C=O) groups is 2. The van der Waals surface area contributed by atoms with Crippen molar-refractivity contribution in [1.82, 2.24) is 0 Å². The van der Waals surface area contributed by atoms with Crippen LogP contribution in [0.4, 0.5) is 4.79 Å². The Morgan fingerprint density at radius 3 is 2.43 bits per heavy atom. The van der Waals surface area contributed by atoms with Gasteiger partial charge in [0.2, 0.25) is 0 Å². The Morgan fingerprint density at radius 2 is 2.29 bits per heavy atom. The highest BCUT2D eigenvalue weighted by Gasteiger charge is 2.20. The molecule has 0 spiro atoms. The largest absolute Gasteiger partial charge is 0.384 e. The molecule has 1 saturated heterocycles. The Bertz CT molecular complexity index is 105. The predicted molar refractivity (Wildman–Crippen MR) is 23.9 cm³/mol. The lowest BCUT2D eigenvalue weighted by Gasteiger charge is -1.77. The number of ether oxygens (including phenoxy) is 1. The van der Waals surface area contributed by atoms with E-state index in [0.717, 1.165) is 11.8 Å². The van der Waals surface area contributed by atoms with Gasteiger partial charge in [0.05, 0.1) is 0 Å². The lowest BCUT2D eigenvalue weighted by atomic mass is 10.8. The number of hydrogen-bond donors (Lipinski definition) is 0. The average molecular weight is 118 g/mol. The second-order valence-electron chi connectivity index (χ2n) is 1.01. The average Bonchev–Trinajstić information content (AvgIpc) is 1.87. The second-order valence-corrected chi connectivity index (χ2v) is 1.92. The predicted octanol–water partition coefficient (Wildman–Crippen LogP) is 0.396. The van der Waals surface area contributed by atoms with Crippen LogP contribution in [0, 0.1) is 0 Å². The normalized spacial score (nSPS) is 20.0. The van der Waals surface area contributed by atoms with Crippen molar-refractivity contribution in [3.05, 3.63) is 0 Å². The van der Waals surface area contributed by atoms with Gasteiger partial charge < -0.3 is 4.74 Å². The molecule has 4 heteroatoms. The van der Waals surface area contributed by atoms with Gasteiger partial charge in [-0.2, -0.15) is 0 Å². The highest BCUT2D eigenvalue weighted by atomic mass is 32.2. The first kappa shape index (κ1) is 4.64. The minimum Gasteiger partial charge on any atom is -0.384 e. The van der Waals surface area contributed by atoms with Crippen LogP contribution in [0.15, 0.2) is 0 Å². The lowest BCUT2D eigenvalue weighted by molar-refractivity contribution is -0.132. The third kappa shape index (κ3) is 0.928. The quantitative estimate of drug-likeness (QED) is 0.341. The molecule has 0 saturated carbocycles. The molecule has 1 aliphatic rings. The molecule has 1 fully saturated rings. The van der Waals surface area contributed by atoms with Crippen LogP contribution in [0.25, 0.3) is 0 Å². The van der Waals surface area contributed by atoms with Crippen LogP contribution < -0.4 is 0 Å². The van der Waals surface area contributed by atoms with E-state index >= 15 is 0 Å².